The number of carbonyl (C=O) groups excluding carboxylic acids is 1. The average Bonchev–Trinajstić information content (AvgIpc) is 2.62. The van der Waals surface area contributed by atoms with Gasteiger partial charge in [0.15, 0.2) is 11.6 Å². The van der Waals surface area contributed by atoms with Crippen LogP contribution in [0.2, 0.25) is 0 Å². The maximum Gasteiger partial charge on any atom is 0.258 e. The van der Waals surface area contributed by atoms with Gasteiger partial charge in [-0.25, -0.2) is 14.4 Å². The van der Waals surface area contributed by atoms with Crippen LogP contribution in [-0.2, 0) is 0 Å². The first-order valence-corrected chi connectivity index (χ1v) is 10.1. The Hall–Kier alpha value is -2.22. The van der Waals surface area contributed by atoms with Crippen molar-refractivity contribution in [1.82, 2.24) is 14.9 Å². The van der Waals surface area contributed by atoms with Gasteiger partial charge in [-0.05, 0) is 54.4 Å². The third kappa shape index (κ3) is 3.23. The minimum atomic E-state index is -0.632. The van der Waals surface area contributed by atoms with Gasteiger partial charge in [0.25, 0.3) is 5.91 Å². The first-order valence-electron chi connectivity index (χ1n) is 9.29. The van der Waals surface area contributed by atoms with Crippen molar-refractivity contribution < 1.29 is 13.9 Å². The molecule has 1 aromatic heterocycles. The van der Waals surface area contributed by atoms with Crippen molar-refractivity contribution >= 4 is 27.8 Å². The van der Waals surface area contributed by atoms with Gasteiger partial charge >= 0.3 is 0 Å². The number of aromatic nitrogens is 2. The number of amides is 1. The van der Waals surface area contributed by atoms with Gasteiger partial charge in [0.2, 0.25) is 5.95 Å². The molecule has 2 fully saturated rings. The molecule has 0 N–H and O–H groups in total. The Bertz CT molecular complexity index is 918. The summed E-state index contributed by atoms with van der Waals surface area (Å²) in [5, 5.41) is 0. The standard InChI is InChI=1S/C20H22BrFN4O2/c1-11-8-12(2)24-20(23-11)26-9-13-6-7-25(10-15(13)26)19(27)17-14(21)4-5-16(28-3)18(17)22/h4-5,8,13,15H,6-7,9-10H2,1-3H3/t13-,15-/m0/s1. The number of fused-ring (bicyclic) bond motifs is 1. The molecule has 0 aliphatic carbocycles. The summed E-state index contributed by atoms with van der Waals surface area (Å²) in [4.78, 5) is 26.1. The molecule has 2 aromatic rings. The van der Waals surface area contributed by atoms with E-state index in [0.717, 1.165) is 24.4 Å². The predicted octanol–water partition coefficient (Wildman–Crippen LogP) is 3.35. The fourth-order valence-corrected chi connectivity index (χ4v) is 4.57. The van der Waals surface area contributed by atoms with E-state index in [4.69, 9.17) is 4.74 Å². The van der Waals surface area contributed by atoms with E-state index in [9.17, 15) is 9.18 Å². The molecule has 2 atom stereocenters. The Morgan fingerprint density at radius 3 is 2.64 bits per heavy atom. The lowest BCUT2D eigenvalue weighted by Gasteiger charge is -2.53. The van der Waals surface area contributed by atoms with Gasteiger partial charge in [0.1, 0.15) is 0 Å². The largest absolute Gasteiger partial charge is 0.494 e. The van der Waals surface area contributed by atoms with Gasteiger partial charge in [-0.2, -0.15) is 0 Å². The summed E-state index contributed by atoms with van der Waals surface area (Å²) in [5.74, 6) is 0.325. The van der Waals surface area contributed by atoms with E-state index in [1.807, 2.05) is 19.9 Å². The van der Waals surface area contributed by atoms with Crippen molar-refractivity contribution in [2.45, 2.75) is 26.3 Å². The number of hydrogen-bond acceptors (Lipinski definition) is 5. The Labute approximate surface area is 171 Å². The summed E-state index contributed by atoms with van der Waals surface area (Å²) in [7, 11) is 1.39. The minimum Gasteiger partial charge on any atom is -0.494 e. The molecule has 28 heavy (non-hydrogen) atoms. The number of benzene rings is 1. The average molecular weight is 449 g/mol. The molecule has 0 saturated carbocycles. The highest BCUT2D eigenvalue weighted by molar-refractivity contribution is 9.10. The Kier molecular flexibility index (Phi) is 4.99. The van der Waals surface area contributed by atoms with Crippen LogP contribution >= 0.6 is 15.9 Å². The van der Waals surface area contributed by atoms with Crippen LogP contribution in [0.15, 0.2) is 22.7 Å². The Morgan fingerprint density at radius 1 is 1.25 bits per heavy atom. The minimum absolute atomic E-state index is 0.0197. The molecule has 4 rings (SSSR count). The molecule has 1 amide bonds. The lowest BCUT2D eigenvalue weighted by molar-refractivity contribution is 0.0583. The zero-order chi connectivity index (χ0) is 20.0. The molecular formula is C20H22BrFN4O2. The molecule has 148 valence electrons. The summed E-state index contributed by atoms with van der Waals surface area (Å²) in [5.41, 5.74) is 1.88. The SMILES string of the molecule is COc1ccc(Br)c(C(=O)N2CC[C@H]3CN(c4nc(C)cc(C)n4)[C@H]3C2)c1F. The third-order valence-electron chi connectivity index (χ3n) is 5.56. The Balaban J connectivity index is 1.56. The fourth-order valence-electron chi connectivity index (χ4n) is 4.09. The highest BCUT2D eigenvalue weighted by atomic mass is 79.9. The second kappa shape index (κ2) is 7.31. The normalized spacial score (nSPS) is 21.2. The topological polar surface area (TPSA) is 58.6 Å². The summed E-state index contributed by atoms with van der Waals surface area (Å²) in [6, 6.07) is 5.25. The van der Waals surface area contributed by atoms with E-state index >= 15 is 0 Å². The van der Waals surface area contributed by atoms with Crippen LogP contribution in [0.25, 0.3) is 0 Å². The van der Waals surface area contributed by atoms with Crippen molar-refractivity contribution in [3.63, 3.8) is 0 Å². The maximum absolute atomic E-state index is 14.7. The number of aryl methyl sites for hydroxylation is 2. The lowest BCUT2D eigenvalue weighted by atomic mass is 9.82. The van der Waals surface area contributed by atoms with Gasteiger partial charge in [-0.1, -0.05) is 0 Å². The van der Waals surface area contributed by atoms with Gasteiger partial charge in [-0.3, -0.25) is 4.79 Å². The number of methoxy groups -OCH3 is 1. The molecule has 3 heterocycles. The van der Waals surface area contributed by atoms with Gasteiger partial charge in [0.05, 0.1) is 18.7 Å². The number of carbonyl (C=O) groups is 1. The van der Waals surface area contributed by atoms with E-state index in [1.54, 1.807) is 11.0 Å². The number of nitrogens with zero attached hydrogens (tertiary/aromatic N) is 4. The number of halogens is 2. The molecule has 0 radical (unpaired) electrons. The van der Waals surface area contributed by atoms with Gasteiger partial charge < -0.3 is 14.5 Å². The molecular weight excluding hydrogens is 427 g/mol. The highest BCUT2D eigenvalue weighted by Crippen LogP contribution is 2.36. The van der Waals surface area contributed by atoms with E-state index < -0.39 is 5.82 Å². The van der Waals surface area contributed by atoms with Crippen LogP contribution in [0.3, 0.4) is 0 Å². The van der Waals surface area contributed by atoms with Crippen molar-refractivity contribution in [3.05, 3.63) is 45.4 Å². The fraction of sp³-hybridized carbons (Fsp3) is 0.450. The third-order valence-corrected chi connectivity index (χ3v) is 6.22. The monoisotopic (exact) mass is 448 g/mol. The van der Waals surface area contributed by atoms with Crippen LogP contribution in [-0.4, -0.2) is 53.6 Å². The van der Waals surface area contributed by atoms with Crippen molar-refractivity contribution in [1.29, 1.82) is 0 Å². The van der Waals surface area contributed by atoms with E-state index in [1.165, 1.54) is 13.2 Å². The number of rotatable bonds is 3. The van der Waals surface area contributed by atoms with Crippen LogP contribution in [0.5, 0.6) is 5.75 Å². The molecule has 1 aromatic carbocycles. The van der Waals surface area contributed by atoms with Crippen LogP contribution in [0, 0.1) is 25.6 Å². The molecule has 0 bridgehead atoms. The van der Waals surface area contributed by atoms with Crippen LogP contribution < -0.4 is 9.64 Å². The predicted molar refractivity (Wildman–Crippen MR) is 107 cm³/mol. The zero-order valence-electron chi connectivity index (χ0n) is 16.1. The molecule has 0 unspecified atom stereocenters. The number of ether oxygens (including phenoxy) is 1. The second-order valence-corrected chi connectivity index (χ2v) is 8.26. The van der Waals surface area contributed by atoms with Crippen molar-refractivity contribution in [2.75, 3.05) is 31.6 Å². The zero-order valence-corrected chi connectivity index (χ0v) is 17.7. The molecule has 8 heteroatoms. The Morgan fingerprint density at radius 2 is 1.96 bits per heavy atom. The van der Waals surface area contributed by atoms with Crippen LogP contribution in [0.4, 0.5) is 10.3 Å². The molecule has 6 nitrogen and oxygen atoms in total. The molecule has 2 aliphatic rings. The van der Waals surface area contributed by atoms with E-state index in [0.29, 0.717) is 29.4 Å². The summed E-state index contributed by atoms with van der Waals surface area (Å²) in [6.45, 7) is 5.95. The first-order chi connectivity index (χ1) is 13.4. The lowest BCUT2D eigenvalue weighted by Crippen LogP contribution is -2.65. The number of piperidine rings is 1. The van der Waals surface area contributed by atoms with Crippen molar-refractivity contribution in [2.24, 2.45) is 5.92 Å². The van der Waals surface area contributed by atoms with Gasteiger partial charge in [0, 0.05) is 41.4 Å². The summed E-state index contributed by atoms with van der Waals surface area (Å²) in [6.07, 6.45) is 0.890. The molecule has 0 spiro atoms. The highest BCUT2D eigenvalue weighted by Gasteiger charge is 2.45. The molecule has 2 saturated heterocycles. The first kappa shape index (κ1) is 19.1. The second-order valence-electron chi connectivity index (χ2n) is 7.41. The maximum atomic E-state index is 14.7. The van der Waals surface area contributed by atoms with E-state index in [-0.39, 0.29) is 23.3 Å². The summed E-state index contributed by atoms with van der Waals surface area (Å²) >= 11 is 3.31. The van der Waals surface area contributed by atoms with Gasteiger partial charge in [-0.15, -0.1) is 0 Å². The molecule has 2 aliphatic heterocycles. The number of likely N-dealkylation sites (tertiary alicyclic amines) is 1. The van der Waals surface area contributed by atoms with Crippen molar-refractivity contribution in [3.8, 4) is 5.75 Å². The number of anilines is 1. The summed E-state index contributed by atoms with van der Waals surface area (Å²) < 4.78 is 20.2. The number of hydrogen-bond donors (Lipinski definition) is 0. The smallest absolute Gasteiger partial charge is 0.258 e. The quantitative estimate of drug-likeness (QED) is 0.720. The van der Waals surface area contributed by atoms with Crippen LogP contribution in [0.1, 0.15) is 28.2 Å². The van der Waals surface area contributed by atoms with E-state index in [2.05, 4.69) is 30.8 Å².